The van der Waals surface area contributed by atoms with Crippen molar-refractivity contribution in [3.05, 3.63) is 23.3 Å². The maximum Gasteiger partial charge on any atom is 0.337 e. The summed E-state index contributed by atoms with van der Waals surface area (Å²) in [6.45, 7) is 9.53. The molecule has 0 saturated heterocycles. The number of aromatic hydroxyl groups is 1. The number of fused-ring (bicyclic) bond motifs is 3. The summed E-state index contributed by atoms with van der Waals surface area (Å²) in [5.74, 6) is 1.21. The maximum atomic E-state index is 12.0. The van der Waals surface area contributed by atoms with Gasteiger partial charge in [-0.25, -0.2) is 4.79 Å². The van der Waals surface area contributed by atoms with Gasteiger partial charge in [0.25, 0.3) is 0 Å². The van der Waals surface area contributed by atoms with Crippen LogP contribution in [0, 0.1) is 22.7 Å². The van der Waals surface area contributed by atoms with Gasteiger partial charge < -0.3 is 14.6 Å². The largest absolute Gasteiger partial charge is 0.504 e. The van der Waals surface area contributed by atoms with Gasteiger partial charge in [-0.05, 0) is 55.1 Å². The van der Waals surface area contributed by atoms with Crippen LogP contribution < -0.4 is 4.74 Å². The standard InChI is InChI=1S/C23H32O4/c1-14-7-8-18-21(2,3)9-6-10-22(18,4)23(14)13-16-11-15(20(25)26-5)12-17(24)19(16)27-23/h11-12,14,18,24H,6-10,13H2,1-5H3/t14-,18+,22+,23-/m1/s1. The zero-order valence-electron chi connectivity index (χ0n) is 17.2. The molecule has 3 aliphatic rings. The minimum Gasteiger partial charge on any atom is -0.504 e. The molecule has 1 heterocycles. The van der Waals surface area contributed by atoms with Gasteiger partial charge in [0.05, 0.1) is 12.7 Å². The highest BCUT2D eigenvalue weighted by molar-refractivity contribution is 5.90. The lowest BCUT2D eigenvalue weighted by Crippen LogP contribution is -2.64. The van der Waals surface area contributed by atoms with Crippen LogP contribution in [-0.2, 0) is 11.2 Å². The van der Waals surface area contributed by atoms with Crippen LogP contribution in [0.2, 0.25) is 0 Å². The second-order valence-corrected chi connectivity index (χ2v) is 9.93. The molecule has 0 bridgehead atoms. The average molecular weight is 373 g/mol. The van der Waals surface area contributed by atoms with E-state index in [0.29, 0.717) is 28.6 Å². The normalized spacial score (nSPS) is 36.6. The smallest absolute Gasteiger partial charge is 0.337 e. The first-order valence-electron chi connectivity index (χ1n) is 10.3. The zero-order valence-corrected chi connectivity index (χ0v) is 17.2. The van der Waals surface area contributed by atoms with Crippen LogP contribution >= 0.6 is 0 Å². The lowest BCUT2D eigenvalue weighted by atomic mass is 9.44. The number of esters is 1. The fraction of sp³-hybridized carbons (Fsp3) is 0.696. The zero-order chi connectivity index (χ0) is 19.6. The topological polar surface area (TPSA) is 55.8 Å². The Morgan fingerprint density at radius 2 is 1.96 bits per heavy atom. The van der Waals surface area contributed by atoms with Crippen molar-refractivity contribution in [1.29, 1.82) is 0 Å². The van der Waals surface area contributed by atoms with Gasteiger partial charge in [-0.3, -0.25) is 0 Å². The van der Waals surface area contributed by atoms with E-state index in [1.165, 1.54) is 32.4 Å². The molecule has 0 amide bonds. The van der Waals surface area contributed by atoms with Gasteiger partial charge in [0.2, 0.25) is 0 Å². The first-order chi connectivity index (χ1) is 12.6. The quantitative estimate of drug-likeness (QED) is 0.696. The SMILES string of the molecule is COC(=O)c1cc(O)c2c(c1)C[C@@]1(O2)[C@H](C)CC[C@H]2C(C)(C)CCC[C@@]21C. The minimum atomic E-state index is -0.423. The van der Waals surface area contributed by atoms with E-state index in [4.69, 9.17) is 9.47 Å². The number of benzene rings is 1. The number of phenols is 1. The van der Waals surface area contributed by atoms with Crippen molar-refractivity contribution in [2.75, 3.05) is 7.11 Å². The molecule has 148 valence electrons. The van der Waals surface area contributed by atoms with Crippen LogP contribution in [0.25, 0.3) is 0 Å². The lowest BCUT2D eigenvalue weighted by Gasteiger charge is -2.63. The predicted octanol–water partition coefficient (Wildman–Crippen LogP) is 5.12. The Morgan fingerprint density at radius 3 is 2.67 bits per heavy atom. The minimum absolute atomic E-state index is 0.0535. The number of rotatable bonds is 1. The maximum absolute atomic E-state index is 12.0. The van der Waals surface area contributed by atoms with Gasteiger partial charge in [0.1, 0.15) is 5.60 Å². The Kier molecular flexibility index (Phi) is 4.07. The summed E-state index contributed by atoms with van der Waals surface area (Å²) < 4.78 is 11.6. The molecule has 4 rings (SSSR count). The van der Waals surface area contributed by atoms with Crippen LogP contribution in [0.1, 0.15) is 75.7 Å². The van der Waals surface area contributed by atoms with Crippen molar-refractivity contribution in [2.24, 2.45) is 22.7 Å². The fourth-order valence-electron chi connectivity index (χ4n) is 6.80. The summed E-state index contributed by atoms with van der Waals surface area (Å²) in [5.41, 5.74) is 1.37. The van der Waals surface area contributed by atoms with Crippen molar-refractivity contribution in [2.45, 2.75) is 71.8 Å². The molecule has 27 heavy (non-hydrogen) atoms. The van der Waals surface area contributed by atoms with E-state index in [2.05, 4.69) is 27.7 Å². The molecule has 2 aliphatic carbocycles. The second-order valence-electron chi connectivity index (χ2n) is 9.93. The van der Waals surface area contributed by atoms with Crippen molar-refractivity contribution in [3.8, 4) is 11.5 Å². The first-order valence-corrected chi connectivity index (χ1v) is 10.3. The van der Waals surface area contributed by atoms with Gasteiger partial charge >= 0.3 is 5.97 Å². The molecule has 1 aromatic carbocycles. The van der Waals surface area contributed by atoms with E-state index in [0.717, 1.165) is 24.8 Å². The van der Waals surface area contributed by atoms with Crippen LogP contribution in [0.3, 0.4) is 0 Å². The third-order valence-corrected chi connectivity index (χ3v) is 8.19. The number of hydrogen-bond donors (Lipinski definition) is 1. The Balaban J connectivity index is 1.80. The highest BCUT2D eigenvalue weighted by atomic mass is 16.5. The molecule has 1 spiro atoms. The van der Waals surface area contributed by atoms with E-state index in [1.54, 1.807) is 0 Å². The van der Waals surface area contributed by atoms with E-state index >= 15 is 0 Å². The summed E-state index contributed by atoms with van der Waals surface area (Å²) >= 11 is 0. The van der Waals surface area contributed by atoms with E-state index < -0.39 is 5.97 Å². The van der Waals surface area contributed by atoms with E-state index in [-0.39, 0.29) is 16.8 Å². The molecule has 2 saturated carbocycles. The van der Waals surface area contributed by atoms with Gasteiger partial charge in [-0.1, -0.05) is 34.1 Å². The fourth-order valence-corrected chi connectivity index (χ4v) is 6.80. The number of phenolic OH excluding ortho intramolecular Hbond substituents is 1. The molecule has 1 aliphatic heterocycles. The van der Waals surface area contributed by atoms with Crippen molar-refractivity contribution < 1.29 is 19.4 Å². The molecular formula is C23H32O4. The van der Waals surface area contributed by atoms with Crippen LogP contribution in [0.4, 0.5) is 0 Å². The van der Waals surface area contributed by atoms with Crippen molar-refractivity contribution in [3.63, 3.8) is 0 Å². The molecule has 0 radical (unpaired) electrons. The summed E-state index contributed by atoms with van der Waals surface area (Å²) in [6.07, 6.45) is 6.78. The molecule has 4 nitrogen and oxygen atoms in total. The third kappa shape index (κ3) is 2.44. The number of ether oxygens (including phenoxy) is 2. The molecule has 0 aromatic heterocycles. The van der Waals surface area contributed by atoms with Crippen LogP contribution in [0.5, 0.6) is 11.5 Å². The Hall–Kier alpha value is -1.71. The van der Waals surface area contributed by atoms with Gasteiger partial charge in [-0.15, -0.1) is 0 Å². The van der Waals surface area contributed by atoms with E-state index in [1.807, 2.05) is 6.07 Å². The van der Waals surface area contributed by atoms with Gasteiger partial charge in [-0.2, -0.15) is 0 Å². The second kappa shape index (κ2) is 5.89. The van der Waals surface area contributed by atoms with E-state index in [9.17, 15) is 9.90 Å². The monoisotopic (exact) mass is 372 g/mol. The number of methoxy groups -OCH3 is 1. The molecule has 2 fully saturated rings. The lowest BCUT2D eigenvalue weighted by molar-refractivity contribution is -0.185. The number of hydrogen-bond acceptors (Lipinski definition) is 4. The van der Waals surface area contributed by atoms with Crippen molar-refractivity contribution in [1.82, 2.24) is 0 Å². The van der Waals surface area contributed by atoms with Crippen molar-refractivity contribution >= 4 is 5.97 Å². The summed E-state index contributed by atoms with van der Waals surface area (Å²) in [7, 11) is 1.36. The average Bonchev–Trinajstić information content (AvgIpc) is 3.00. The highest BCUT2D eigenvalue weighted by Gasteiger charge is 2.65. The summed E-state index contributed by atoms with van der Waals surface area (Å²) in [4.78, 5) is 12.0. The van der Waals surface area contributed by atoms with Crippen LogP contribution in [0.15, 0.2) is 12.1 Å². The van der Waals surface area contributed by atoms with Gasteiger partial charge in [0, 0.05) is 17.4 Å². The molecule has 1 N–H and O–H groups in total. The Bertz CT molecular complexity index is 783. The highest BCUT2D eigenvalue weighted by Crippen LogP contribution is 2.66. The molecule has 1 aromatic rings. The molecule has 0 unspecified atom stereocenters. The third-order valence-electron chi connectivity index (χ3n) is 8.19. The predicted molar refractivity (Wildman–Crippen MR) is 104 cm³/mol. The molecular weight excluding hydrogens is 340 g/mol. The molecule has 4 heteroatoms. The number of carbonyl (C=O) groups excluding carboxylic acids is 1. The van der Waals surface area contributed by atoms with Gasteiger partial charge in [0.15, 0.2) is 11.5 Å². The summed E-state index contributed by atoms with van der Waals surface area (Å²) in [5, 5.41) is 10.6. The summed E-state index contributed by atoms with van der Waals surface area (Å²) in [6, 6.07) is 3.32. The Labute approximate surface area is 162 Å². The first kappa shape index (κ1) is 18.6. The Morgan fingerprint density at radius 1 is 1.22 bits per heavy atom. The van der Waals surface area contributed by atoms with Crippen LogP contribution in [-0.4, -0.2) is 23.8 Å². The molecule has 4 atom stereocenters. The number of carbonyl (C=O) groups is 1.